The summed E-state index contributed by atoms with van der Waals surface area (Å²) in [5.74, 6) is 0.970. The molecule has 2 rings (SSSR count). The quantitative estimate of drug-likeness (QED) is 0.705. The first kappa shape index (κ1) is 8.10. The van der Waals surface area contributed by atoms with Crippen LogP contribution in [-0.4, -0.2) is 24.2 Å². The van der Waals surface area contributed by atoms with Gasteiger partial charge in [0.2, 0.25) is 5.90 Å². The summed E-state index contributed by atoms with van der Waals surface area (Å²) < 4.78 is 5.33. The Labute approximate surface area is 76.7 Å². The lowest BCUT2D eigenvalue weighted by molar-refractivity contribution is 0.348. The van der Waals surface area contributed by atoms with Crippen molar-refractivity contribution in [3.8, 4) is 5.75 Å². The number of rotatable bonds is 1. The number of hydrogen-bond donors (Lipinski definition) is 1. The van der Waals surface area contributed by atoms with E-state index < -0.39 is 0 Å². The molecule has 68 valence electrons. The van der Waals surface area contributed by atoms with Crippen LogP contribution >= 0.6 is 0 Å². The van der Waals surface area contributed by atoms with E-state index in [2.05, 4.69) is 4.99 Å². The Kier molecular flexibility index (Phi) is 1.93. The lowest BCUT2D eigenvalue weighted by Gasteiger charge is -2.05. The molecule has 1 aliphatic rings. The van der Waals surface area contributed by atoms with Crippen molar-refractivity contribution < 1.29 is 9.84 Å². The zero-order chi connectivity index (χ0) is 9.26. The first-order valence-electron chi connectivity index (χ1n) is 4.24. The Bertz CT molecular complexity index is 358. The summed E-state index contributed by atoms with van der Waals surface area (Å²) in [6, 6.07) is 5.18. The van der Waals surface area contributed by atoms with Crippen LogP contribution in [0.4, 0.5) is 0 Å². The van der Waals surface area contributed by atoms with Crippen molar-refractivity contribution in [2.75, 3.05) is 13.2 Å². The smallest absolute Gasteiger partial charge is 0.216 e. The van der Waals surface area contributed by atoms with Crippen LogP contribution in [0.5, 0.6) is 5.75 Å². The van der Waals surface area contributed by atoms with Gasteiger partial charge in [-0.1, -0.05) is 0 Å². The topological polar surface area (TPSA) is 41.8 Å². The van der Waals surface area contributed by atoms with Crippen LogP contribution in [0.25, 0.3) is 0 Å². The van der Waals surface area contributed by atoms with Crippen molar-refractivity contribution in [2.45, 2.75) is 6.92 Å². The highest BCUT2D eigenvalue weighted by Gasteiger charge is 2.12. The third kappa shape index (κ3) is 1.49. The minimum atomic E-state index is 0.278. The van der Waals surface area contributed by atoms with Crippen LogP contribution in [0.1, 0.15) is 11.1 Å². The molecule has 0 bridgehead atoms. The molecule has 0 aliphatic carbocycles. The predicted octanol–water partition coefficient (Wildman–Crippen LogP) is 1.48. The molecule has 0 atom stereocenters. The number of benzene rings is 1. The van der Waals surface area contributed by atoms with Gasteiger partial charge >= 0.3 is 0 Å². The standard InChI is InChI=1S/C10H11NO2/c1-7-6-8(12)2-3-9(7)10-11-4-5-13-10/h2-3,6,12H,4-5H2,1H3. The second-order valence-electron chi connectivity index (χ2n) is 3.03. The molecule has 1 aliphatic heterocycles. The van der Waals surface area contributed by atoms with Gasteiger partial charge in [0.25, 0.3) is 0 Å². The maximum absolute atomic E-state index is 9.20. The molecule has 0 saturated heterocycles. The molecule has 1 aromatic carbocycles. The average molecular weight is 177 g/mol. The summed E-state index contributed by atoms with van der Waals surface area (Å²) in [4.78, 5) is 4.21. The summed E-state index contributed by atoms with van der Waals surface area (Å²) >= 11 is 0. The summed E-state index contributed by atoms with van der Waals surface area (Å²) in [5, 5.41) is 9.20. The number of nitrogens with zero attached hydrogens (tertiary/aromatic N) is 1. The third-order valence-electron chi connectivity index (χ3n) is 2.03. The monoisotopic (exact) mass is 177 g/mol. The van der Waals surface area contributed by atoms with Crippen molar-refractivity contribution in [3.05, 3.63) is 29.3 Å². The van der Waals surface area contributed by atoms with Crippen LogP contribution in [0.3, 0.4) is 0 Å². The van der Waals surface area contributed by atoms with Crippen LogP contribution in [-0.2, 0) is 4.74 Å². The normalized spacial score (nSPS) is 15.3. The van der Waals surface area contributed by atoms with Gasteiger partial charge in [0.05, 0.1) is 6.54 Å². The lowest BCUT2D eigenvalue weighted by atomic mass is 10.1. The molecule has 0 radical (unpaired) electrons. The Balaban J connectivity index is 2.40. The first-order chi connectivity index (χ1) is 6.27. The van der Waals surface area contributed by atoms with Crippen LogP contribution in [0, 0.1) is 6.92 Å². The molecule has 13 heavy (non-hydrogen) atoms. The average Bonchev–Trinajstić information content (AvgIpc) is 2.56. The highest BCUT2D eigenvalue weighted by atomic mass is 16.5. The van der Waals surface area contributed by atoms with Crippen LogP contribution in [0.15, 0.2) is 23.2 Å². The molecule has 3 heteroatoms. The number of ether oxygens (including phenoxy) is 1. The van der Waals surface area contributed by atoms with E-state index >= 15 is 0 Å². The Morgan fingerprint density at radius 3 is 2.92 bits per heavy atom. The molecular weight excluding hydrogens is 166 g/mol. The largest absolute Gasteiger partial charge is 0.508 e. The molecule has 3 nitrogen and oxygen atoms in total. The lowest BCUT2D eigenvalue weighted by Crippen LogP contribution is -2.02. The summed E-state index contributed by atoms with van der Waals surface area (Å²) in [6.45, 7) is 3.32. The molecule has 0 saturated carbocycles. The molecule has 0 unspecified atom stereocenters. The van der Waals surface area contributed by atoms with Crippen molar-refractivity contribution in [1.82, 2.24) is 0 Å². The van der Waals surface area contributed by atoms with Crippen molar-refractivity contribution in [2.24, 2.45) is 4.99 Å². The number of aromatic hydroxyl groups is 1. The Morgan fingerprint density at radius 1 is 1.46 bits per heavy atom. The first-order valence-corrected chi connectivity index (χ1v) is 4.24. The SMILES string of the molecule is Cc1cc(O)ccc1C1=NCCO1. The van der Waals surface area contributed by atoms with Gasteiger partial charge in [-0.2, -0.15) is 0 Å². The maximum atomic E-state index is 9.20. The summed E-state index contributed by atoms with van der Waals surface area (Å²) in [7, 11) is 0. The van der Waals surface area contributed by atoms with Crippen molar-refractivity contribution in [1.29, 1.82) is 0 Å². The van der Waals surface area contributed by atoms with E-state index in [0.717, 1.165) is 17.7 Å². The zero-order valence-corrected chi connectivity index (χ0v) is 7.45. The summed E-state index contributed by atoms with van der Waals surface area (Å²) in [5.41, 5.74) is 1.95. The van der Waals surface area contributed by atoms with Gasteiger partial charge in [-0.15, -0.1) is 0 Å². The van der Waals surface area contributed by atoms with Gasteiger partial charge in [0.1, 0.15) is 12.4 Å². The fourth-order valence-electron chi connectivity index (χ4n) is 1.39. The molecule has 0 fully saturated rings. The maximum Gasteiger partial charge on any atom is 0.216 e. The minimum absolute atomic E-state index is 0.278. The fourth-order valence-corrected chi connectivity index (χ4v) is 1.39. The Hall–Kier alpha value is -1.51. The number of phenolic OH excluding ortho intramolecular Hbond substituents is 1. The molecule has 1 aromatic rings. The molecule has 1 N–H and O–H groups in total. The van der Waals surface area contributed by atoms with E-state index in [0.29, 0.717) is 12.5 Å². The van der Waals surface area contributed by atoms with E-state index in [-0.39, 0.29) is 5.75 Å². The fraction of sp³-hybridized carbons (Fsp3) is 0.300. The van der Waals surface area contributed by atoms with E-state index in [1.807, 2.05) is 13.0 Å². The third-order valence-corrected chi connectivity index (χ3v) is 2.03. The van der Waals surface area contributed by atoms with Gasteiger partial charge in [0, 0.05) is 5.56 Å². The molecule has 0 amide bonds. The highest BCUT2D eigenvalue weighted by molar-refractivity contribution is 5.96. The van der Waals surface area contributed by atoms with Gasteiger partial charge < -0.3 is 9.84 Å². The van der Waals surface area contributed by atoms with Crippen molar-refractivity contribution >= 4 is 5.90 Å². The van der Waals surface area contributed by atoms with Crippen LogP contribution in [0.2, 0.25) is 0 Å². The number of aryl methyl sites for hydroxylation is 1. The van der Waals surface area contributed by atoms with E-state index in [1.54, 1.807) is 12.1 Å². The minimum Gasteiger partial charge on any atom is -0.508 e. The Morgan fingerprint density at radius 2 is 2.31 bits per heavy atom. The van der Waals surface area contributed by atoms with Crippen molar-refractivity contribution in [3.63, 3.8) is 0 Å². The van der Waals surface area contributed by atoms with Crippen LogP contribution < -0.4 is 0 Å². The molecule has 1 heterocycles. The molecular formula is C10H11NO2. The molecule has 0 aromatic heterocycles. The van der Waals surface area contributed by atoms with Gasteiger partial charge in [-0.05, 0) is 30.7 Å². The summed E-state index contributed by atoms with van der Waals surface area (Å²) in [6.07, 6.45) is 0. The predicted molar refractivity (Wildman–Crippen MR) is 50.2 cm³/mol. The number of hydrogen-bond acceptors (Lipinski definition) is 3. The number of phenols is 1. The van der Waals surface area contributed by atoms with Gasteiger partial charge in [-0.25, -0.2) is 4.99 Å². The van der Waals surface area contributed by atoms with Gasteiger partial charge in [0.15, 0.2) is 0 Å². The van der Waals surface area contributed by atoms with Gasteiger partial charge in [-0.3, -0.25) is 0 Å². The van der Waals surface area contributed by atoms with E-state index in [9.17, 15) is 5.11 Å². The van der Waals surface area contributed by atoms with E-state index in [4.69, 9.17) is 4.74 Å². The number of aliphatic imine (C=N–C) groups is 1. The second-order valence-corrected chi connectivity index (χ2v) is 3.03. The highest BCUT2D eigenvalue weighted by Crippen LogP contribution is 2.18. The van der Waals surface area contributed by atoms with E-state index in [1.165, 1.54) is 0 Å². The second kappa shape index (κ2) is 3.09. The molecule has 0 spiro atoms. The zero-order valence-electron chi connectivity index (χ0n) is 7.45.